The molecule has 1 fully saturated rings. The Bertz CT molecular complexity index is 653. The van der Waals surface area contributed by atoms with Crippen LogP contribution in [0.15, 0.2) is 27.4 Å². The van der Waals surface area contributed by atoms with Crippen molar-refractivity contribution in [2.45, 2.75) is 38.9 Å². The Labute approximate surface area is 139 Å². The Morgan fingerprint density at radius 2 is 2.30 bits per heavy atom. The first-order chi connectivity index (χ1) is 11.0. The fraction of sp³-hybridized carbons (Fsp3) is 0.500. The van der Waals surface area contributed by atoms with Gasteiger partial charge in [-0.3, -0.25) is 5.32 Å². The quantitative estimate of drug-likeness (QED) is 0.925. The molecule has 2 aromatic heterocycles. The number of amides is 2. The monoisotopic (exact) mass is 335 g/mol. The molecule has 2 atom stereocenters. The summed E-state index contributed by atoms with van der Waals surface area (Å²) >= 11 is 1.63. The minimum Gasteiger partial charge on any atom is -0.367 e. The minimum absolute atomic E-state index is 0.0112. The number of urea groups is 1. The maximum atomic E-state index is 12.5. The van der Waals surface area contributed by atoms with Gasteiger partial charge in [0.2, 0.25) is 0 Å². The second-order valence-corrected chi connectivity index (χ2v) is 6.88. The molecular weight excluding hydrogens is 314 g/mol. The summed E-state index contributed by atoms with van der Waals surface area (Å²) in [6.45, 7) is 7.09. The molecule has 0 aromatic carbocycles. The number of aromatic nitrogens is 1. The third-order valence-corrected chi connectivity index (χ3v) is 4.50. The Hall–Kier alpha value is -1.86. The van der Waals surface area contributed by atoms with Crippen molar-refractivity contribution in [2.75, 3.05) is 18.4 Å². The molecule has 1 saturated heterocycles. The van der Waals surface area contributed by atoms with E-state index in [9.17, 15) is 4.79 Å². The van der Waals surface area contributed by atoms with E-state index in [-0.39, 0.29) is 24.2 Å². The molecule has 3 rings (SSSR count). The number of carbonyl (C=O) groups excluding carboxylic acids is 1. The van der Waals surface area contributed by atoms with Gasteiger partial charge in [0.15, 0.2) is 5.82 Å². The predicted molar refractivity (Wildman–Crippen MR) is 88.8 cm³/mol. The summed E-state index contributed by atoms with van der Waals surface area (Å²) in [5, 5.41) is 10.8. The molecule has 0 spiro atoms. The van der Waals surface area contributed by atoms with Gasteiger partial charge in [0.25, 0.3) is 0 Å². The third kappa shape index (κ3) is 3.73. The largest absolute Gasteiger partial charge is 0.367 e. The van der Waals surface area contributed by atoms with Crippen LogP contribution in [0.25, 0.3) is 0 Å². The first-order valence-electron chi connectivity index (χ1n) is 7.73. The Morgan fingerprint density at radius 1 is 1.48 bits per heavy atom. The normalized spacial score (nSPS) is 21.7. The zero-order valence-electron chi connectivity index (χ0n) is 13.5. The fourth-order valence-corrected chi connectivity index (χ4v) is 3.27. The summed E-state index contributed by atoms with van der Waals surface area (Å²) in [5.74, 6) is 1.44. The highest BCUT2D eigenvalue weighted by Crippen LogP contribution is 2.27. The number of hydrogen-bond acceptors (Lipinski definition) is 5. The van der Waals surface area contributed by atoms with Crippen LogP contribution in [0, 0.1) is 0 Å². The average molecular weight is 335 g/mol. The van der Waals surface area contributed by atoms with Crippen molar-refractivity contribution in [3.05, 3.63) is 34.2 Å². The highest BCUT2D eigenvalue weighted by atomic mass is 32.1. The number of anilines is 1. The summed E-state index contributed by atoms with van der Waals surface area (Å²) in [6, 6.07) is 3.63. The first-order valence-corrected chi connectivity index (χ1v) is 8.67. The summed E-state index contributed by atoms with van der Waals surface area (Å²) in [7, 11) is 0. The van der Waals surface area contributed by atoms with Crippen molar-refractivity contribution in [2.24, 2.45) is 0 Å². The lowest BCUT2D eigenvalue weighted by atomic mass is 10.1. The van der Waals surface area contributed by atoms with Crippen LogP contribution in [0.4, 0.5) is 10.6 Å². The Kier molecular flexibility index (Phi) is 4.68. The van der Waals surface area contributed by atoms with Gasteiger partial charge in [-0.1, -0.05) is 19.0 Å². The number of carbonyl (C=O) groups is 1. The molecule has 23 heavy (non-hydrogen) atoms. The van der Waals surface area contributed by atoms with Crippen LogP contribution in [-0.2, 0) is 4.74 Å². The molecular formula is C16H21N3O3S. The van der Waals surface area contributed by atoms with E-state index in [1.54, 1.807) is 22.3 Å². The number of hydrogen-bond donors (Lipinski definition) is 1. The standard InChI is InChI=1S/C16H21N3O3S/c1-10(2)13-6-15(18-22-13)17-16(20)19-7-11(3)21-14(8-19)12-4-5-23-9-12/h4-6,9-11,14H,7-8H2,1-3H3,(H,17,18,20). The second-order valence-electron chi connectivity index (χ2n) is 6.10. The molecule has 0 aliphatic carbocycles. The summed E-state index contributed by atoms with van der Waals surface area (Å²) < 4.78 is 11.2. The molecule has 124 valence electrons. The highest BCUT2D eigenvalue weighted by Gasteiger charge is 2.30. The summed E-state index contributed by atoms with van der Waals surface area (Å²) in [4.78, 5) is 14.3. The topological polar surface area (TPSA) is 67.6 Å². The molecule has 6 nitrogen and oxygen atoms in total. The molecule has 0 radical (unpaired) electrons. The van der Waals surface area contributed by atoms with Gasteiger partial charge in [0.05, 0.1) is 12.6 Å². The van der Waals surface area contributed by atoms with Crippen molar-refractivity contribution in [3.63, 3.8) is 0 Å². The summed E-state index contributed by atoms with van der Waals surface area (Å²) in [5.41, 5.74) is 1.11. The van der Waals surface area contributed by atoms with Gasteiger partial charge in [-0.25, -0.2) is 4.79 Å². The molecule has 1 aliphatic heterocycles. The Morgan fingerprint density at radius 3 is 2.96 bits per heavy atom. The molecule has 2 unspecified atom stereocenters. The van der Waals surface area contributed by atoms with Gasteiger partial charge in [0.1, 0.15) is 11.9 Å². The van der Waals surface area contributed by atoms with Crippen LogP contribution in [0.1, 0.15) is 44.1 Å². The van der Waals surface area contributed by atoms with Crippen molar-refractivity contribution in [3.8, 4) is 0 Å². The van der Waals surface area contributed by atoms with E-state index in [1.807, 2.05) is 32.2 Å². The second kappa shape index (κ2) is 6.72. The smallest absolute Gasteiger partial charge is 0.323 e. The van der Waals surface area contributed by atoms with Gasteiger partial charge < -0.3 is 14.2 Å². The maximum absolute atomic E-state index is 12.5. The van der Waals surface area contributed by atoms with E-state index in [4.69, 9.17) is 9.26 Å². The van der Waals surface area contributed by atoms with E-state index < -0.39 is 0 Å². The number of morpholine rings is 1. The molecule has 2 amide bonds. The predicted octanol–water partition coefficient (Wildman–Crippen LogP) is 3.85. The maximum Gasteiger partial charge on any atom is 0.323 e. The number of nitrogens with one attached hydrogen (secondary N) is 1. The van der Waals surface area contributed by atoms with Gasteiger partial charge in [-0.15, -0.1) is 0 Å². The SMILES string of the molecule is CC1CN(C(=O)Nc2cc(C(C)C)on2)CC(c2ccsc2)O1. The lowest BCUT2D eigenvalue weighted by Crippen LogP contribution is -2.47. The number of thiophene rings is 1. The summed E-state index contributed by atoms with van der Waals surface area (Å²) in [6.07, 6.45) is -0.0952. The number of rotatable bonds is 3. The van der Waals surface area contributed by atoms with Crippen LogP contribution in [-0.4, -0.2) is 35.3 Å². The molecule has 0 saturated carbocycles. The van der Waals surface area contributed by atoms with Crippen molar-refractivity contribution >= 4 is 23.2 Å². The van der Waals surface area contributed by atoms with E-state index in [0.717, 1.165) is 11.3 Å². The minimum atomic E-state index is -0.177. The first kappa shape index (κ1) is 16.0. The van der Waals surface area contributed by atoms with Crippen LogP contribution in [0.2, 0.25) is 0 Å². The Balaban J connectivity index is 1.66. The van der Waals surface area contributed by atoms with E-state index in [2.05, 4.69) is 15.9 Å². The molecule has 0 bridgehead atoms. The van der Waals surface area contributed by atoms with Crippen LogP contribution in [0.5, 0.6) is 0 Å². The number of nitrogens with zero attached hydrogens (tertiary/aromatic N) is 2. The van der Waals surface area contributed by atoms with Crippen LogP contribution >= 0.6 is 11.3 Å². The average Bonchev–Trinajstić information content (AvgIpc) is 3.18. The van der Waals surface area contributed by atoms with E-state index in [1.165, 1.54) is 0 Å². The van der Waals surface area contributed by atoms with Crippen LogP contribution in [0.3, 0.4) is 0 Å². The molecule has 7 heteroatoms. The van der Waals surface area contributed by atoms with Crippen molar-refractivity contribution in [1.29, 1.82) is 0 Å². The number of ether oxygens (including phenoxy) is 1. The molecule has 3 heterocycles. The van der Waals surface area contributed by atoms with E-state index >= 15 is 0 Å². The lowest BCUT2D eigenvalue weighted by molar-refractivity contribution is -0.0641. The van der Waals surface area contributed by atoms with Gasteiger partial charge in [-0.05, 0) is 29.3 Å². The van der Waals surface area contributed by atoms with Crippen molar-refractivity contribution in [1.82, 2.24) is 10.1 Å². The van der Waals surface area contributed by atoms with Crippen molar-refractivity contribution < 1.29 is 14.1 Å². The third-order valence-electron chi connectivity index (χ3n) is 3.79. The molecule has 2 aromatic rings. The zero-order chi connectivity index (χ0) is 16.4. The zero-order valence-corrected chi connectivity index (χ0v) is 14.3. The van der Waals surface area contributed by atoms with Gasteiger partial charge >= 0.3 is 6.03 Å². The fourth-order valence-electron chi connectivity index (χ4n) is 2.57. The molecule has 1 N–H and O–H groups in total. The van der Waals surface area contributed by atoms with Gasteiger partial charge in [0, 0.05) is 18.5 Å². The molecule has 1 aliphatic rings. The van der Waals surface area contributed by atoms with Crippen LogP contribution < -0.4 is 5.32 Å². The van der Waals surface area contributed by atoms with Gasteiger partial charge in [-0.2, -0.15) is 11.3 Å². The van der Waals surface area contributed by atoms with E-state index in [0.29, 0.717) is 18.9 Å². The highest BCUT2D eigenvalue weighted by molar-refractivity contribution is 7.07. The lowest BCUT2D eigenvalue weighted by Gasteiger charge is -2.36.